The van der Waals surface area contributed by atoms with E-state index in [1.807, 2.05) is 17.5 Å². The third-order valence-electron chi connectivity index (χ3n) is 6.26. The number of pyridine rings is 1. The van der Waals surface area contributed by atoms with Crippen molar-refractivity contribution in [3.63, 3.8) is 0 Å². The van der Waals surface area contributed by atoms with Crippen molar-refractivity contribution in [1.29, 1.82) is 0 Å². The Morgan fingerprint density at radius 3 is 2.70 bits per heavy atom. The van der Waals surface area contributed by atoms with Crippen LogP contribution in [0.4, 0.5) is 0 Å². The number of rotatable bonds is 8. The number of hydrogen-bond donors (Lipinski definition) is 1. The van der Waals surface area contributed by atoms with Crippen molar-refractivity contribution in [3.8, 4) is 10.6 Å². The fourth-order valence-electron chi connectivity index (χ4n) is 3.93. The van der Waals surface area contributed by atoms with Crippen LogP contribution in [0.1, 0.15) is 58.6 Å². The number of nitrogens with one attached hydrogen (secondary N) is 1. The van der Waals surface area contributed by atoms with Gasteiger partial charge >= 0.3 is 5.97 Å². The van der Waals surface area contributed by atoms with Gasteiger partial charge in [0.2, 0.25) is 0 Å². The zero-order chi connectivity index (χ0) is 21.6. The topological polar surface area (TPSA) is 81.2 Å². The number of carbonyl (C=O) groups excluding carboxylic acids is 2. The molecular weight excluding hydrogens is 398 g/mol. The molecule has 7 heteroatoms. The third-order valence-corrected chi connectivity index (χ3v) is 7.20. The number of hydrogen-bond acceptors (Lipinski definition) is 6. The lowest BCUT2D eigenvalue weighted by molar-refractivity contribution is -0.148. The average molecular weight is 430 g/mol. The van der Waals surface area contributed by atoms with E-state index in [0.717, 1.165) is 36.3 Å². The summed E-state index contributed by atoms with van der Waals surface area (Å²) in [6.07, 6.45) is 8.92. The molecular formula is C23H31N3O3S. The summed E-state index contributed by atoms with van der Waals surface area (Å²) >= 11 is 1.46. The van der Waals surface area contributed by atoms with Crippen LogP contribution in [0.15, 0.2) is 29.9 Å². The maximum absolute atomic E-state index is 12.2. The molecule has 0 aromatic carbocycles. The van der Waals surface area contributed by atoms with Gasteiger partial charge in [0.05, 0.1) is 12.1 Å². The van der Waals surface area contributed by atoms with E-state index < -0.39 is 5.97 Å². The van der Waals surface area contributed by atoms with E-state index in [1.165, 1.54) is 17.8 Å². The molecule has 1 N–H and O–H groups in total. The van der Waals surface area contributed by atoms with Crippen molar-refractivity contribution in [2.24, 2.45) is 11.3 Å². The Kier molecular flexibility index (Phi) is 7.58. The summed E-state index contributed by atoms with van der Waals surface area (Å²) < 4.78 is 5.16. The van der Waals surface area contributed by atoms with Crippen LogP contribution in [0.5, 0.6) is 0 Å². The van der Waals surface area contributed by atoms with Crippen LogP contribution in [0.2, 0.25) is 0 Å². The fourth-order valence-corrected chi connectivity index (χ4v) is 4.74. The zero-order valence-corrected chi connectivity index (χ0v) is 18.8. The molecule has 2 aromatic rings. The molecule has 0 aliphatic heterocycles. The molecule has 6 nitrogen and oxygen atoms in total. The second-order valence-corrected chi connectivity index (χ2v) is 9.54. The lowest BCUT2D eigenvalue weighted by Crippen LogP contribution is -2.41. The number of ether oxygens (including phenoxy) is 1. The van der Waals surface area contributed by atoms with Gasteiger partial charge in [-0.15, -0.1) is 11.3 Å². The Labute approximate surface area is 182 Å². The first-order valence-electron chi connectivity index (χ1n) is 10.7. The second kappa shape index (κ2) is 10.2. The van der Waals surface area contributed by atoms with Gasteiger partial charge in [-0.1, -0.05) is 27.2 Å². The zero-order valence-electron chi connectivity index (χ0n) is 18.0. The molecule has 0 atom stereocenters. The largest absolute Gasteiger partial charge is 0.455 e. The fraction of sp³-hybridized carbons (Fsp3) is 0.565. The summed E-state index contributed by atoms with van der Waals surface area (Å²) in [6, 6.07) is 3.95. The molecule has 1 aliphatic rings. The lowest BCUT2D eigenvalue weighted by atomic mass is 9.69. The van der Waals surface area contributed by atoms with Crippen molar-refractivity contribution in [3.05, 3.63) is 35.6 Å². The normalized spacial score (nSPS) is 19.3. The Balaban J connectivity index is 1.38. The van der Waals surface area contributed by atoms with Gasteiger partial charge < -0.3 is 10.1 Å². The summed E-state index contributed by atoms with van der Waals surface area (Å²) in [4.78, 5) is 32.8. The first-order valence-corrected chi connectivity index (χ1v) is 11.5. The molecule has 2 heterocycles. The van der Waals surface area contributed by atoms with Crippen LogP contribution in [0, 0.1) is 11.3 Å². The molecule has 1 saturated carbocycles. The molecule has 0 spiro atoms. The van der Waals surface area contributed by atoms with Gasteiger partial charge in [-0.05, 0) is 49.1 Å². The molecule has 1 fully saturated rings. The Morgan fingerprint density at radius 2 is 2.03 bits per heavy atom. The van der Waals surface area contributed by atoms with Crippen molar-refractivity contribution in [2.45, 2.75) is 65.3 Å². The van der Waals surface area contributed by atoms with Gasteiger partial charge in [0.25, 0.3) is 5.91 Å². The van der Waals surface area contributed by atoms with Crippen molar-refractivity contribution in [2.75, 3.05) is 6.61 Å². The minimum absolute atomic E-state index is 0.0568. The first kappa shape index (κ1) is 22.4. The molecule has 0 unspecified atom stereocenters. The van der Waals surface area contributed by atoms with Crippen LogP contribution in [-0.4, -0.2) is 34.5 Å². The molecule has 2 aromatic heterocycles. The highest BCUT2D eigenvalue weighted by Gasteiger charge is 2.32. The minimum atomic E-state index is -0.443. The number of thiazole rings is 1. The quantitative estimate of drug-likeness (QED) is 0.629. The molecule has 1 amide bonds. The molecule has 0 radical (unpaired) electrons. The van der Waals surface area contributed by atoms with E-state index in [1.54, 1.807) is 12.4 Å². The molecule has 0 saturated heterocycles. The van der Waals surface area contributed by atoms with Gasteiger partial charge in [0.15, 0.2) is 6.61 Å². The molecule has 162 valence electrons. The van der Waals surface area contributed by atoms with Crippen LogP contribution in [0.3, 0.4) is 0 Å². The van der Waals surface area contributed by atoms with Crippen LogP contribution in [0.25, 0.3) is 10.6 Å². The van der Waals surface area contributed by atoms with E-state index in [9.17, 15) is 9.59 Å². The van der Waals surface area contributed by atoms with E-state index in [4.69, 9.17) is 4.74 Å². The standard InChI is InChI=1S/C23H31N3O3S/c1-4-23(2,3)17-7-9-18(10-8-17)25-20(27)14-29-21(28)12-19-15-30-22(26-19)16-6-5-11-24-13-16/h5-6,11,13,15,17-18H,4,7-10,12,14H2,1-3H3,(H,25,27). The number of esters is 1. The Morgan fingerprint density at radius 1 is 1.27 bits per heavy atom. The monoisotopic (exact) mass is 429 g/mol. The highest BCUT2D eigenvalue weighted by molar-refractivity contribution is 7.13. The average Bonchev–Trinajstić information content (AvgIpc) is 3.22. The SMILES string of the molecule is CCC(C)(C)C1CCC(NC(=O)COC(=O)Cc2csc(-c3cccnc3)n2)CC1. The number of nitrogens with zero attached hydrogens (tertiary/aromatic N) is 2. The van der Waals surface area contributed by atoms with Gasteiger partial charge in [-0.3, -0.25) is 14.6 Å². The number of amides is 1. The minimum Gasteiger partial charge on any atom is -0.455 e. The summed E-state index contributed by atoms with van der Waals surface area (Å²) in [6.45, 7) is 6.67. The van der Waals surface area contributed by atoms with Crippen LogP contribution in [-0.2, 0) is 20.7 Å². The van der Waals surface area contributed by atoms with E-state index in [2.05, 4.69) is 36.1 Å². The summed E-state index contributed by atoms with van der Waals surface area (Å²) in [7, 11) is 0. The van der Waals surface area contributed by atoms with Crippen molar-refractivity contribution in [1.82, 2.24) is 15.3 Å². The van der Waals surface area contributed by atoms with Gasteiger partial charge in [0, 0.05) is 29.4 Å². The highest BCUT2D eigenvalue weighted by Crippen LogP contribution is 2.40. The van der Waals surface area contributed by atoms with E-state index in [0.29, 0.717) is 17.0 Å². The smallest absolute Gasteiger partial charge is 0.312 e. The Bertz CT molecular complexity index is 842. The maximum Gasteiger partial charge on any atom is 0.312 e. The van der Waals surface area contributed by atoms with Crippen LogP contribution >= 0.6 is 11.3 Å². The van der Waals surface area contributed by atoms with Crippen molar-refractivity contribution < 1.29 is 14.3 Å². The molecule has 30 heavy (non-hydrogen) atoms. The lowest BCUT2D eigenvalue weighted by Gasteiger charge is -2.39. The molecule has 3 rings (SSSR count). The Hall–Kier alpha value is -2.28. The molecule has 0 bridgehead atoms. The van der Waals surface area contributed by atoms with Crippen LogP contribution < -0.4 is 5.32 Å². The second-order valence-electron chi connectivity index (χ2n) is 8.68. The highest BCUT2D eigenvalue weighted by atomic mass is 32.1. The van der Waals surface area contributed by atoms with Gasteiger partial charge in [-0.25, -0.2) is 4.98 Å². The summed E-state index contributed by atoms with van der Waals surface area (Å²) in [5.41, 5.74) is 1.91. The predicted molar refractivity (Wildman–Crippen MR) is 118 cm³/mol. The predicted octanol–water partition coefficient (Wildman–Crippen LogP) is 4.40. The van der Waals surface area contributed by atoms with E-state index in [-0.39, 0.29) is 25.0 Å². The number of aromatic nitrogens is 2. The summed E-state index contributed by atoms with van der Waals surface area (Å²) in [5.74, 6) is 0.0422. The first-order chi connectivity index (χ1) is 14.4. The number of carbonyl (C=O) groups is 2. The molecule has 1 aliphatic carbocycles. The van der Waals surface area contributed by atoms with Crippen molar-refractivity contribution >= 4 is 23.2 Å². The van der Waals surface area contributed by atoms with E-state index >= 15 is 0 Å². The summed E-state index contributed by atoms with van der Waals surface area (Å²) in [5, 5.41) is 5.66. The van der Waals surface area contributed by atoms with Gasteiger partial charge in [-0.2, -0.15) is 0 Å². The third kappa shape index (κ3) is 6.11. The maximum atomic E-state index is 12.2. The van der Waals surface area contributed by atoms with Gasteiger partial charge in [0.1, 0.15) is 5.01 Å².